The molecule has 0 atom stereocenters. The van der Waals surface area contributed by atoms with Crippen LogP contribution in [0, 0.1) is 0 Å². The summed E-state index contributed by atoms with van der Waals surface area (Å²) in [6.07, 6.45) is 2.45. The first-order chi connectivity index (χ1) is 7.75. The third kappa shape index (κ3) is 2.66. The zero-order valence-electron chi connectivity index (χ0n) is 8.88. The van der Waals surface area contributed by atoms with Gasteiger partial charge in [0.05, 0.1) is 6.20 Å². The predicted molar refractivity (Wildman–Crippen MR) is 61.4 cm³/mol. The zero-order valence-corrected chi connectivity index (χ0v) is 9.70. The summed E-state index contributed by atoms with van der Waals surface area (Å²) in [6.45, 7) is 0.621. The van der Waals surface area contributed by atoms with Crippen molar-refractivity contribution < 1.29 is 4.79 Å². The largest absolute Gasteiger partial charge is 0.350 e. The van der Waals surface area contributed by atoms with Gasteiger partial charge < -0.3 is 5.32 Å². The van der Waals surface area contributed by atoms with Gasteiger partial charge in [0.2, 0.25) is 0 Å². The number of hydrogen-bond acceptors (Lipinski definition) is 4. The van der Waals surface area contributed by atoms with Gasteiger partial charge in [-0.05, 0) is 17.9 Å². The molecule has 0 aliphatic rings. The van der Waals surface area contributed by atoms with Crippen molar-refractivity contribution in [3.05, 3.63) is 34.3 Å². The van der Waals surface area contributed by atoms with E-state index in [0.717, 1.165) is 6.42 Å². The Morgan fingerprint density at radius 2 is 2.50 bits per heavy atom. The highest BCUT2D eigenvalue weighted by Crippen LogP contribution is 2.08. The van der Waals surface area contributed by atoms with E-state index >= 15 is 0 Å². The van der Waals surface area contributed by atoms with E-state index in [1.807, 2.05) is 11.4 Å². The van der Waals surface area contributed by atoms with Crippen LogP contribution >= 0.6 is 11.3 Å². The number of rotatable bonds is 4. The van der Waals surface area contributed by atoms with Gasteiger partial charge in [0.15, 0.2) is 5.69 Å². The lowest BCUT2D eigenvalue weighted by molar-refractivity contribution is 0.0949. The van der Waals surface area contributed by atoms with Gasteiger partial charge in [-0.2, -0.15) is 0 Å². The van der Waals surface area contributed by atoms with Gasteiger partial charge in [-0.15, -0.1) is 16.4 Å². The van der Waals surface area contributed by atoms with E-state index in [2.05, 4.69) is 21.7 Å². The summed E-state index contributed by atoms with van der Waals surface area (Å²) in [5, 5.41) is 12.3. The minimum atomic E-state index is -0.176. The molecule has 2 aromatic heterocycles. The van der Waals surface area contributed by atoms with Gasteiger partial charge in [-0.1, -0.05) is 11.3 Å². The number of thiophene rings is 1. The number of carbonyl (C=O) groups is 1. The quantitative estimate of drug-likeness (QED) is 0.856. The standard InChI is InChI=1S/C10H12N4OS/c1-14-7-9(12-13-14)10(15)11-5-4-8-3-2-6-16-8/h2-3,6-7H,4-5H2,1H3,(H,11,15). The Labute approximate surface area is 97.1 Å². The zero-order chi connectivity index (χ0) is 11.4. The molecule has 0 saturated carbocycles. The molecule has 0 saturated heterocycles. The number of aromatic nitrogens is 3. The van der Waals surface area contributed by atoms with Crippen LogP contribution in [0.4, 0.5) is 0 Å². The lowest BCUT2D eigenvalue weighted by Crippen LogP contribution is -2.25. The van der Waals surface area contributed by atoms with Crippen molar-refractivity contribution in [1.82, 2.24) is 20.3 Å². The van der Waals surface area contributed by atoms with E-state index in [1.165, 1.54) is 9.56 Å². The Morgan fingerprint density at radius 1 is 1.62 bits per heavy atom. The molecule has 0 unspecified atom stereocenters. The van der Waals surface area contributed by atoms with Gasteiger partial charge in [0.25, 0.3) is 5.91 Å². The molecule has 0 spiro atoms. The van der Waals surface area contributed by atoms with Crippen LogP contribution in [0.15, 0.2) is 23.7 Å². The SMILES string of the molecule is Cn1cc(C(=O)NCCc2cccs2)nn1. The number of carbonyl (C=O) groups excluding carboxylic acids is 1. The highest BCUT2D eigenvalue weighted by molar-refractivity contribution is 7.09. The second-order valence-corrected chi connectivity index (χ2v) is 4.39. The second-order valence-electron chi connectivity index (χ2n) is 3.36. The molecule has 0 bridgehead atoms. The van der Waals surface area contributed by atoms with Crippen LogP contribution in [0.3, 0.4) is 0 Å². The monoisotopic (exact) mass is 236 g/mol. The molecule has 0 radical (unpaired) electrons. The van der Waals surface area contributed by atoms with E-state index < -0.39 is 0 Å². The Bertz CT molecular complexity index is 463. The summed E-state index contributed by atoms with van der Waals surface area (Å²) in [5.41, 5.74) is 0.355. The maximum absolute atomic E-state index is 11.6. The Kier molecular flexibility index (Phi) is 3.31. The van der Waals surface area contributed by atoms with Crippen molar-refractivity contribution in [2.45, 2.75) is 6.42 Å². The molecule has 2 aromatic rings. The molecular formula is C10H12N4OS. The molecular weight excluding hydrogens is 224 g/mol. The Morgan fingerprint density at radius 3 is 3.12 bits per heavy atom. The first kappa shape index (κ1) is 10.8. The molecule has 1 amide bonds. The Balaban J connectivity index is 1.80. The second kappa shape index (κ2) is 4.89. The summed E-state index contributed by atoms with van der Waals surface area (Å²) in [6, 6.07) is 4.06. The minimum absolute atomic E-state index is 0.176. The molecule has 1 N–H and O–H groups in total. The molecule has 0 aliphatic carbocycles. The third-order valence-corrected chi connectivity index (χ3v) is 3.01. The van der Waals surface area contributed by atoms with Crippen LogP contribution in [0.1, 0.15) is 15.4 Å². The van der Waals surface area contributed by atoms with E-state index in [1.54, 1.807) is 24.6 Å². The van der Waals surface area contributed by atoms with Crippen LogP contribution in [0.2, 0.25) is 0 Å². The fourth-order valence-corrected chi connectivity index (χ4v) is 2.00. The maximum atomic E-state index is 11.6. The molecule has 6 heteroatoms. The number of amides is 1. The van der Waals surface area contributed by atoms with Crippen LogP contribution in [-0.4, -0.2) is 27.4 Å². The molecule has 0 aromatic carbocycles. The minimum Gasteiger partial charge on any atom is -0.350 e. The number of aryl methyl sites for hydroxylation is 1. The highest BCUT2D eigenvalue weighted by Gasteiger charge is 2.08. The van der Waals surface area contributed by atoms with Crippen molar-refractivity contribution >= 4 is 17.2 Å². The van der Waals surface area contributed by atoms with Crippen molar-refractivity contribution in [2.75, 3.05) is 6.54 Å². The van der Waals surface area contributed by atoms with Crippen LogP contribution in [0.25, 0.3) is 0 Å². The van der Waals surface area contributed by atoms with Crippen molar-refractivity contribution in [2.24, 2.45) is 7.05 Å². The summed E-state index contributed by atoms with van der Waals surface area (Å²) in [5.74, 6) is -0.176. The Hall–Kier alpha value is -1.69. The number of nitrogens with zero attached hydrogens (tertiary/aromatic N) is 3. The van der Waals surface area contributed by atoms with E-state index in [4.69, 9.17) is 0 Å². The third-order valence-electron chi connectivity index (χ3n) is 2.07. The van der Waals surface area contributed by atoms with Crippen molar-refractivity contribution in [3.8, 4) is 0 Å². The van der Waals surface area contributed by atoms with E-state index in [0.29, 0.717) is 12.2 Å². The van der Waals surface area contributed by atoms with Crippen LogP contribution in [0.5, 0.6) is 0 Å². The molecule has 84 valence electrons. The smallest absolute Gasteiger partial charge is 0.273 e. The average molecular weight is 236 g/mol. The maximum Gasteiger partial charge on any atom is 0.273 e. The van der Waals surface area contributed by atoms with E-state index in [9.17, 15) is 4.79 Å². The first-order valence-corrected chi connectivity index (χ1v) is 5.80. The van der Waals surface area contributed by atoms with Gasteiger partial charge >= 0.3 is 0 Å². The normalized spacial score (nSPS) is 10.3. The fraction of sp³-hybridized carbons (Fsp3) is 0.300. The number of hydrogen-bond donors (Lipinski definition) is 1. The van der Waals surface area contributed by atoms with Gasteiger partial charge in [-0.3, -0.25) is 9.48 Å². The molecule has 2 rings (SSSR count). The average Bonchev–Trinajstić information content (AvgIpc) is 2.89. The van der Waals surface area contributed by atoms with Crippen molar-refractivity contribution in [1.29, 1.82) is 0 Å². The lowest BCUT2D eigenvalue weighted by atomic mass is 10.3. The lowest BCUT2D eigenvalue weighted by Gasteiger charge is -2.00. The highest BCUT2D eigenvalue weighted by atomic mass is 32.1. The van der Waals surface area contributed by atoms with Crippen LogP contribution < -0.4 is 5.32 Å². The summed E-state index contributed by atoms with van der Waals surface area (Å²) in [7, 11) is 1.73. The summed E-state index contributed by atoms with van der Waals surface area (Å²) in [4.78, 5) is 12.8. The fourth-order valence-electron chi connectivity index (χ4n) is 1.30. The summed E-state index contributed by atoms with van der Waals surface area (Å²) >= 11 is 1.69. The molecule has 0 fully saturated rings. The van der Waals surface area contributed by atoms with E-state index in [-0.39, 0.29) is 5.91 Å². The first-order valence-electron chi connectivity index (χ1n) is 4.92. The van der Waals surface area contributed by atoms with Gasteiger partial charge in [0, 0.05) is 18.5 Å². The molecule has 5 nitrogen and oxygen atoms in total. The summed E-state index contributed by atoms with van der Waals surface area (Å²) < 4.78 is 1.51. The topological polar surface area (TPSA) is 59.8 Å². The number of nitrogens with one attached hydrogen (secondary N) is 1. The van der Waals surface area contributed by atoms with Gasteiger partial charge in [-0.25, -0.2) is 0 Å². The van der Waals surface area contributed by atoms with Gasteiger partial charge in [0.1, 0.15) is 0 Å². The van der Waals surface area contributed by atoms with Crippen molar-refractivity contribution in [3.63, 3.8) is 0 Å². The molecule has 2 heterocycles. The predicted octanol–water partition coefficient (Wildman–Crippen LogP) is 0.849. The molecule has 16 heavy (non-hydrogen) atoms. The molecule has 0 aliphatic heterocycles. The van der Waals surface area contributed by atoms with Crippen LogP contribution in [-0.2, 0) is 13.5 Å².